The number of aryl methyl sites for hydroxylation is 1. The van der Waals surface area contributed by atoms with Gasteiger partial charge >= 0.3 is 5.97 Å². The van der Waals surface area contributed by atoms with Crippen molar-refractivity contribution in [3.05, 3.63) is 47.8 Å². The number of hydrogen-bond donors (Lipinski definition) is 1. The summed E-state index contributed by atoms with van der Waals surface area (Å²) >= 11 is 0. The van der Waals surface area contributed by atoms with Crippen LogP contribution in [0, 0.1) is 12.8 Å². The van der Waals surface area contributed by atoms with E-state index in [1.54, 1.807) is 6.20 Å². The van der Waals surface area contributed by atoms with Gasteiger partial charge in [-0.25, -0.2) is 4.68 Å². The lowest BCUT2D eigenvalue weighted by Crippen LogP contribution is -2.45. The SMILES string of the molecule is Cc1ccccc1-n1cc(CNC(=O)[C@@H]2CC(=O)OC23CCCCC3)cn1. The maximum absolute atomic E-state index is 12.8. The number of amides is 1. The zero-order valence-electron chi connectivity index (χ0n) is 15.6. The van der Waals surface area contributed by atoms with Crippen LogP contribution in [0.2, 0.25) is 0 Å². The number of para-hydroxylation sites is 1. The molecule has 1 spiro atoms. The van der Waals surface area contributed by atoms with Gasteiger partial charge in [-0.15, -0.1) is 0 Å². The highest BCUT2D eigenvalue weighted by molar-refractivity contribution is 5.87. The fourth-order valence-electron chi connectivity index (χ4n) is 4.34. The third-order valence-corrected chi connectivity index (χ3v) is 5.80. The lowest BCUT2D eigenvalue weighted by Gasteiger charge is -2.36. The lowest BCUT2D eigenvalue weighted by molar-refractivity contribution is -0.153. The highest BCUT2D eigenvalue weighted by atomic mass is 16.6. The van der Waals surface area contributed by atoms with Gasteiger partial charge in [0.25, 0.3) is 0 Å². The molecular formula is C21H25N3O3. The summed E-state index contributed by atoms with van der Waals surface area (Å²) in [4.78, 5) is 24.7. The first-order chi connectivity index (χ1) is 13.1. The summed E-state index contributed by atoms with van der Waals surface area (Å²) in [6, 6.07) is 8.03. The van der Waals surface area contributed by atoms with E-state index in [1.165, 1.54) is 0 Å². The van der Waals surface area contributed by atoms with Crippen molar-refractivity contribution in [1.82, 2.24) is 15.1 Å². The van der Waals surface area contributed by atoms with Gasteiger partial charge in [-0.2, -0.15) is 5.10 Å². The summed E-state index contributed by atoms with van der Waals surface area (Å²) in [7, 11) is 0. The van der Waals surface area contributed by atoms with Gasteiger partial charge in [0.05, 0.1) is 24.2 Å². The molecule has 6 nitrogen and oxygen atoms in total. The minimum absolute atomic E-state index is 0.0913. The molecular weight excluding hydrogens is 342 g/mol. The van der Waals surface area contributed by atoms with Crippen LogP contribution in [0.25, 0.3) is 5.69 Å². The van der Waals surface area contributed by atoms with E-state index < -0.39 is 5.60 Å². The van der Waals surface area contributed by atoms with Gasteiger partial charge in [0.2, 0.25) is 5.91 Å². The zero-order valence-corrected chi connectivity index (χ0v) is 15.6. The van der Waals surface area contributed by atoms with E-state index in [-0.39, 0.29) is 24.2 Å². The molecule has 1 amide bonds. The second-order valence-electron chi connectivity index (χ2n) is 7.65. The summed E-state index contributed by atoms with van der Waals surface area (Å²) in [5, 5.41) is 7.39. The number of carbonyl (C=O) groups excluding carboxylic acids is 2. The topological polar surface area (TPSA) is 73.2 Å². The van der Waals surface area contributed by atoms with Crippen molar-refractivity contribution in [3.63, 3.8) is 0 Å². The Bertz CT molecular complexity index is 852. The van der Waals surface area contributed by atoms with E-state index in [2.05, 4.69) is 10.4 Å². The van der Waals surface area contributed by atoms with Crippen LogP contribution in [0.4, 0.5) is 0 Å². The van der Waals surface area contributed by atoms with Crippen LogP contribution in [-0.2, 0) is 20.9 Å². The van der Waals surface area contributed by atoms with Gasteiger partial charge in [-0.05, 0) is 44.2 Å². The third kappa shape index (κ3) is 3.48. The first kappa shape index (κ1) is 17.8. The molecule has 2 heterocycles. The van der Waals surface area contributed by atoms with Crippen LogP contribution in [-0.4, -0.2) is 27.3 Å². The molecule has 1 aliphatic heterocycles. The van der Waals surface area contributed by atoms with Crippen molar-refractivity contribution in [2.45, 2.75) is 57.6 Å². The molecule has 6 heteroatoms. The van der Waals surface area contributed by atoms with Crippen LogP contribution in [0.1, 0.15) is 49.7 Å². The second kappa shape index (κ2) is 7.18. The molecule has 2 aliphatic rings. The Labute approximate surface area is 158 Å². The average Bonchev–Trinajstić information content (AvgIpc) is 3.25. The van der Waals surface area contributed by atoms with Crippen LogP contribution in [0.3, 0.4) is 0 Å². The van der Waals surface area contributed by atoms with Gasteiger partial charge in [-0.1, -0.05) is 24.6 Å². The smallest absolute Gasteiger partial charge is 0.307 e. The average molecular weight is 367 g/mol. The van der Waals surface area contributed by atoms with Crippen molar-refractivity contribution in [3.8, 4) is 5.69 Å². The third-order valence-electron chi connectivity index (χ3n) is 5.80. The molecule has 1 aliphatic carbocycles. The number of hydrogen-bond acceptors (Lipinski definition) is 4. The number of rotatable bonds is 4. The predicted molar refractivity (Wildman–Crippen MR) is 100 cm³/mol. The number of esters is 1. The van der Waals surface area contributed by atoms with Crippen LogP contribution >= 0.6 is 0 Å². The monoisotopic (exact) mass is 367 g/mol. The van der Waals surface area contributed by atoms with E-state index in [0.717, 1.165) is 48.9 Å². The molecule has 0 radical (unpaired) electrons. The van der Waals surface area contributed by atoms with Crippen molar-refractivity contribution in [2.24, 2.45) is 5.92 Å². The predicted octanol–water partition coefficient (Wildman–Crippen LogP) is 3.06. The van der Waals surface area contributed by atoms with Crippen molar-refractivity contribution < 1.29 is 14.3 Å². The maximum atomic E-state index is 12.8. The van der Waals surface area contributed by atoms with E-state index >= 15 is 0 Å². The van der Waals surface area contributed by atoms with Crippen LogP contribution < -0.4 is 5.32 Å². The molecule has 1 N–H and O–H groups in total. The zero-order chi connectivity index (χ0) is 18.9. The lowest BCUT2D eigenvalue weighted by atomic mass is 9.75. The number of ether oxygens (including phenoxy) is 1. The maximum Gasteiger partial charge on any atom is 0.307 e. The number of carbonyl (C=O) groups is 2. The molecule has 1 aromatic carbocycles. The van der Waals surface area contributed by atoms with Crippen molar-refractivity contribution >= 4 is 11.9 Å². The minimum Gasteiger partial charge on any atom is -0.458 e. The van der Waals surface area contributed by atoms with E-state index in [1.807, 2.05) is 42.1 Å². The van der Waals surface area contributed by atoms with E-state index in [9.17, 15) is 9.59 Å². The van der Waals surface area contributed by atoms with Crippen LogP contribution in [0.5, 0.6) is 0 Å². The second-order valence-corrected chi connectivity index (χ2v) is 7.65. The van der Waals surface area contributed by atoms with E-state index in [0.29, 0.717) is 6.54 Å². The summed E-state index contributed by atoms with van der Waals surface area (Å²) in [6.07, 6.45) is 8.64. The molecule has 27 heavy (non-hydrogen) atoms. The fraction of sp³-hybridized carbons (Fsp3) is 0.476. The standard InChI is InChI=1S/C21H25N3O3/c1-15-7-3-4-8-18(15)24-14-16(13-23-24)12-22-20(26)17-11-19(25)27-21(17)9-5-2-6-10-21/h3-4,7-8,13-14,17H,2,5-6,9-12H2,1H3,(H,22,26)/t17-/m0/s1. The molecule has 1 aromatic heterocycles. The number of nitrogens with one attached hydrogen (secondary N) is 1. The molecule has 0 bridgehead atoms. The number of aromatic nitrogens is 2. The fourth-order valence-corrected chi connectivity index (χ4v) is 4.34. The molecule has 142 valence electrons. The summed E-state index contributed by atoms with van der Waals surface area (Å²) in [5.41, 5.74) is 2.50. The Morgan fingerprint density at radius 1 is 1.30 bits per heavy atom. The van der Waals surface area contributed by atoms with Gasteiger partial charge in [0.1, 0.15) is 5.60 Å². The van der Waals surface area contributed by atoms with Crippen LogP contribution in [0.15, 0.2) is 36.7 Å². The van der Waals surface area contributed by atoms with Gasteiger partial charge in [0.15, 0.2) is 0 Å². The first-order valence-electron chi connectivity index (χ1n) is 9.66. The Balaban J connectivity index is 1.42. The first-order valence-corrected chi connectivity index (χ1v) is 9.66. The van der Waals surface area contributed by atoms with Gasteiger partial charge in [0, 0.05) is 18.3 Å². The molecule has 4 rings (SSSR count). The highest BCUT2D eigenvalue weighted by Crippen LogP contribution is 2.44. The highest BCUT2D eigenvalue weighted by Gasteiger charge is 2.52. The minimum atomic E-state index is -0.579. The van der Waals surface area contributed by atoms with E-state index in [4.69, 9.17) is 4.74 Å². The molecule has 1 saturated carbocycles. The molecule has 1 saturated heterocycles. The van der Waals surface area contributed by atoms with Crippen molar-refractivity contribution in [1.29, 1.82) is 0 Å². The molecule has 2 fully saturated rings. The summed E-state index contributed by atoms with van der Waals surface area (Å²) in [6.45, 7) is 2.44. The van der Waals surface area contributed by atoms with Gasteiger partial charge in [-0.3, -0.25) is 9.59 Å². The quantitative estimate of drug-likeness (QED) is 0.843. The summed E-state index contributed by atoms with van der Waals surface area (Å²) in [5.74, 6) is -0.715. The number of nitrogens with zero attached hydrogens (tertiary/aromatic N) is 2. The summed E-state index contributed by atoms with van der Waals surface area (Å²) < 4.78 is 7.46. The Kier molecular flexibility index (Phi) is 4.72. The van der Waals surface area contributed by atoms with Gasteiger partial charge < -0.3 is 10.1 Å². The normalized spacial score (nSPS) is 21.2. The molecule has 0 unspecified atom stereocenters. The molecule has 1 atom stereocenters. The Hall–Kier alpha value is -2.63. The number of benzene rings is 1. The molecule has 2 aromatic rings. The van der Waals surface area contributed by atoms with Crippen molar-refractivity contribution in [2.75, 3.05) is 0 Å². The Morgan fingerprint density at radius 2 is 2.07 bits per heavy atom. The largest absolute Gasteiger partial charge is 0.458 e. The Morgan fingerprint density at radius 3 is 2.85 bits per heavy atom.